The van der Waals surface area contributed by atoms with Gasteiger partial charge >= 0.3 is 11.9 Å². The lowest BCUT2D eigenvalue weighted by atomic mass is 10.0. The zero-order valence-electron chi connectivity index (χ0n) is 14.9. The van der Waals surface area contributed by atoms with E-state index in [1.807, 2.05) is 0 Å². The molecule has 142 valence electrons. The van der Waals surface area contributed by atoms with Crippen LogP contribution in [-0.2, 0) is 17.1 Å². The van der Waals surface area contributed by atoms with Gasteiger partial charge in [-0.15, -0.1) is 11.8 Å². The molecule has 8 nitrogen and oxygen atoms in total. The number of carbonyl (C=O) groups is 2. The first-order chi connectivity index (χ1) is 13.0. The molecule has 0 amide bonds. The largest absolute Gasteiger partial charge is 0.492 e. The van der Waals surface area contributed by atoms with Gasteiger partial charge in [-0.05, 0) is 12.1 Å². The van der Waals surface area contributed by atoms with E-state index >= 15 is 0 Å². The molecule has 27 heavy (non-hydrogen) atoms. The number of esters is 1. The summed E-state index contributed by atoms with van der Waals surface area (Å²) in [7, 11) is 4.41. The Labute approximate surface area is 159 Å². The van der Waals surface area contributed by atoms with E-state index in [1.54, 1.807) is 6.07 Å². The van der Waals surface area contributed by atoms with E-state index in [-0.39, 0.29) is 17.9 Å². The second-order valence-electron chi connectivity index (χ2n) is 5.46. The summed E-state index contributed by atoms with van der Waals surface area (Å²) in [4.78, 5) is 27.8. The molecule has 1 aliphatic rings. The van der Waals surface area contributed by atoms with Gasteiger partial charge in [0.25, 0.3) is 0 Å². The minimum atomic E-state index is -1.07. The van der Waals surface area contributed by atoms with Gasteiger partial charge in [0.1, 0.15) is 11.6 Å². The second kappa shape index (κ2) is 7.75. The third-order valence-corrected chi connectivity index (χ3v) is 5.11. The van der Waals surface area contributed by atoms with Crippen molar-refractivity contribution in [3.05, 3.63) is 40.6 Å². The predicted molar refractivity (Wildman–Crippen MR) is 96.0 cm³/mol. The number of carboxylic acids is 1. The zero-order valence-corrected chi connectivity index (χ0v) is 15.7. The number of hydrogen-bond donors (Lipinski definition) is 1. The standard InChI is InChI=1S/C18H17NO7S/c1-23-13-10-7-26-18(22)12(10)11(14(24-2)15(13)25-3)8-27-16-9(17(20)21)5-4-6-19-16/h4-6H,7-8H2,1-3H3,(H,20,21). The van der Waals surface area contributed by atoms with Gasteiger partial charge in [0.2, 0.25) is 5.75 Å². The number of methoxy groups -OCH3 is 3. The number of carboxylic acid groups (broad SMARTS) is 1. The highest BCUT2D eigenvalue weighted by molar-refractivity contribution is 7.98. The van der Waals surface area contributed by atoms with Crippen LogP contribution in [0, 0.1) is 0 Å². The maximum absolute atomic E-state index is 12.3. The van der Waals surface area contributed by atoms with E-state index in [1.165, 1.54) is 45.4 Å². The van der Waals surface area contributed by atoms with Crippen LogP contribution in [-0.4, -0.2) is 43.4 Å². The number of thioether (sulfide) groups is 1. The van der Waals surface area contributed by atoms with Gasteiger partial charge in [0, 0.05) is 17.5 Å². The summed E-state index contributed by atoms with van der Waals surface area (Å²) in [6.45, 7) is 0.0688. The van der Waals surface area contributed by atoms with Crippen molar-refractivity contribution in [1.29, 1.82) is 0 Å². The van der Waals surface area contributed by atoms with Crippen LogP contribution >= 0.6 is 11.8 Å². The van der Waals surface area contributed by atoms with Crippen LogP contribution in [0.5, 0.6) is 17.2 Å². The number of carbonyl (C=O) groups excluding carboxylic acids is 1. The van der Waals surface area contributed by atoms with E-state index in [0.717, 1.165) is 0 Å². The number of benzene rings is 1. The number of aromatic nitrogens is 1. The fourth-order valence-electron chi connectivity index (χ4n) is 2.94. The van der Waals surface area contributed by atoms with Crippen LogP contribution in [0.15, 0.2) is 23.4 Å². The maximum atomic E-state index is 12.3. The Balaban J connectivity index is 2.09. The smallest absolute Gasteiger partial charge is 0.339 e. The van der Waals surface area contributed by atoms with Gasteiger partial charge in [-0.3, -0.25) is 0 Å². The van der Waals surface area contributed by atoms with Crippen molar-refractivity contribution >= 4 is 23.7 Å². The van der Waals surface area contributed by atoms with Gasteiger partial charge in [0.05, 0.1) is 38.0 Å². The van der Waals surface area contributed by atoms with Crippen LogP contribution in [0.2, 0.25) is 0 Å². The summed E-state index contributed by atoms with van der Waals surface area (Å²) in [6.07, 6.45) is 1.51. The first-order valence-electron chi connectivity index (χ1n) is 7.85. The number of nitrogens with zero attached hydrogens (tertiary/aromatic N) is 1. The molecule has 1 aromatic heterocycles. The number of cyclic esters (lactones) is 1. The lowest BCUT2D eigenvalue weighted by molar-refractivity contribution is 0.0532. The number of pyridine rings is 1. The summed E-state index contributed by atoms with van der Waals surface area (Å²) in [5.41, 5.74) is 1.56. The van der Waals surface area contributed by atoms with Gasteiger partial charge in [-0.2, -0.15) is 0 Å². The molecule has 2 heterocycles. The van der Waals surface area contributed by atoms with E-state index in [2.05, 4.69) is 4.98 Å². The molecule has 1 N–H and O–H groups in total. The average Bonchev–Trinajstić information content (AvgIpc) is 3.06. The van der Waals surface area contributed by atoms with Crippen molar-refractivity contribution in [1.82, 2.24) is 4.98 Å². The summed E-state index contributed by atoms with van der Waals surface area (Å²) in [5.74, 6) is -0.251. The topological polar surface area (TPSA) is 104 Å². The molecule has 0 unspecified atom stereocenters. The molecule has 1 aliphatic heterocycles. The molecule has 1 aromatic carbocycles. The molecular formula is C18H17NO7S. The van der Waals surface area contributed by atoms with Crippen LogP contribution in [0.25, 0.3) is 0 Å². The minimum absolute atomic E-state index is 0.0688. The SMILES string of the molecule is COc1c2c(c(CSc3ncccc3C(=O)O)c(OC)c1OC)C(=O)OC2. The van der Waals surface area contributed by atoms with Crippen LogP contribution in [0.3, 0.4) is 0 Å². The summed E-state index contributed by atoms with van der Waals surface area (Å²) in [6, 6.07) is 3.03. The summed E-state index contributed by atoms with van der Waals surface area (Å²) >= 11 is 1.18. The normalized spacial score (nSPS) is 12.3. The molecule has 0 spiro atoms. The Morgan fingerprint density at radius 1 is 1.22 bits per heavy atom. The van der Waals surface area contributed by atoms with Crippen LogP contribution < -0.4 is 14.2 Å². The molecule has 2 aromatic rings. The first kappa shape index (κ1) is 18.8. The minimum Gasteiger partial charge on any atom is -0.492 e. The Bertz CT molecular complexity index is 913. The Hall–Kier alpha value is -2.94. The van der Waals surface area contributed by atoms with E-state index in [4.69, 9.17) is 18.9 Å². The molecule has 0 fully saturated rings. The van der Waals surface area contributed by atoms with Crippen molar-refractivity contribution in [2.75, 3.05) is 21.3 Å². The fourth-order valence-corrected chi connectivity index (χ4v) is 3.95. The second-order valence-corrected chi connectivity index (χ2v) is 6.42. The summed E-state index contributed by atoms with van der Waals surface area (Å²) in [5, 5.41) is 9.66. The summed E-state index contributed by atoms with van der Waals surface area (Å²) < 4.78 is 21.5. The Morgan fingerprint density at radius 2 is 1.93 bits per heavy atom. The molecule has 0 aliphatic carbocycles. The molecule has 0 saturated heterocycles. The molecule has 0 bridgehead atoms. The van der Waals surface area contributed by atoms with Crippen LogP contribution in [0.1, 0.15) is 31.8 Å². The van der Waals surface area contributed by atoms with Gasteiger partial charge in [-0.25, -0.2) is 14.6 Å². The number of hydrogen-bond acceptors (Lipinski definition) is 8. The molecule has 0 saturated carbocycles. The van der Waals surface area contributed by atoms with Gasteiger partial charge < -0.3 is 24.1 Å². The molecular weight excluding hydrogens is 374 g/mol. The van der Waals surface area contributed by atoms with Crippen LogP contribution in [0.4, 0.5) is 0 Å². The first-order valence-corrected chi connectivity index (χ1v) is 8.83. The van der Waals surface area contributed by atoms with Crippen molar-refractivity contribution < 1.29 is 33.6 Å². The van der Waals surface area contributed by atoms with Crippen molar-refractivity contribution in [2.45, 2.75) is 17.4 Å². The highest BCUT2D eigenvalue weighted by atomic mass is 32.2. The molecule has 0 radical (unpaired) electrons. The fraction of sp³-hybridized carbons (Fsp3) is 0.278. The molecule has 0 atom stereocenters. The van der Waals surface area contributed by atoms with Crippen molar-refractivity contribution in [3.63, 3.8) is 0 Å². The lowest BCUT2D eigenvalue weighted by Crippen LogP contribution is -2.07. The Kier molecular flexibility index (Phi) is 5.41. The third-order valence-electron chi connectivity index (χ3n) is 4.08. The third kappa shape index (κ3) is 3.25. The zero-order chi connectivity index (χ0) is 19.6. The number of fused-ring (bicyclic) bond motifs is 1. The number of rotatable bonds is 7. The predicted octanol–water partition coefficient (Wildman–Crippen LogP) is 2.77. The molecule has 3 rings (SSSR count). The number of aromatic carboxylic acids is 1. The van der Waals surface area contributed by atoms with E-state index in [9.17, 15) is 14.7 Å². The van der Waals surface area contributed by atoms with Gasteiger partial charge in [-0.1, -0.05) is 0 Å². The van der Waals surface area contributed by atoms with Crippen molar-refractivity contribution in [3.8, 4) is 17.2 Å². The van der Waals surface area contributed by atoms with E-state index < -0.39 is 11.9 Å². The monoisotopic (exact) mass is 391 g/mol. The highest BCUT2D eigenvalue weighted by Crippen LogP contribution is 2.49. The van der Waals surface area contributed by atoms with E-state index in [0.29, 0.717) is 39.0 Å². The maximum Gasteiger partial charge on any atom is 0.339 e. The average molecular weight is 391 g/mol. The highest BCUT2D eigenvalue weighted by Gasteiger charge is 2.35. The molecule has 9 heteroatoms. The quantitative estimate of drug-likeness (QED) is 0.563. The van der Waals surface area contributed by atoms with Crippen molar-refractivity contribution in [2.24, 2.45) is 0 Å². The number of ether oxygens (including phenoxy) is 4. The Morgan fingerprint density at radius 3 is 2.56 bits per heavy atom. The van der Waals surface area contributed by atoms with Gasteiger partial charge in [0.15, 0.2) is 11.5 Å². The lowest BCUT2D eigenvalue weighted by Gasteiger charge is -2.19.